The number of aromatic nitrogens is 2. The van der Waals surface area contributed by atoms with Gasteiger partial charge in [-0.2, -0.15) is 8.42 Å². The number of benzene rings is 1. The van der Waals surface area contributed by atoms with Crippen LogP contribution in [0.4, 0.5) is 5.69 Å². The summed E-state index contributed by atoms with van der Waals surface area (Å²) < 4.78 is 27.8. The Morgan fingerprint density at radius 3 is 2.70 bits per heavy atom. The number of sulfonamides is 1. The van der Waals surface area contributed by atoms with Gasteiger partial charge < -0.3 is 9.67 Å². The van der Waals surface area contributed by atoms with Crippen LogP contribution < -0.4 is 4.72 Å². The highest BCUT2D eigenvalue weighted by molar-refractivity contribution is 7.92. The first-order valence-corrected chi connectivity index (χ1v) is 7.20. The predicted octanol–water partition coefficient (Wildman–Crippen LogP) is 1.57. The number of carbonyl (C=O) groups is 1. The van der Waals surface area contributed by atoms with E-state index in [-0.39, 0.29) is 21.3 Å². The van der Waals surface area contributed by atoms with E-state index in [1.807, 2.05) is 0 Å². The van der Waals surface area contributed by atoms with E-state index in [2.05, 4.69) is 9.71 Å². The fourth-order valence-electron chi connectivity index (χ4n) is 1.52. The van der Waals surface area contributed by atoms with Crippen molar-refractivity contribution in [2.75, 3.05) is 4.72 Å². The average molecular weight is 316 g/mol. The zero-order valence-electron chi connectivity index (χ0n) is 10.2. The molecule has 0 radical (unpaired) electrons. The fourth-order valence-corrected chi connectivity index (χ4v) is 2.88. The van der Waals surface area contributed by atoms with Gasteiger partial charge in [0, 0.05) is 13.2 Å². The topological polar surface area (TPSA) is 101 Å². The summed E-state index contributed by atoms with van der Waals surface area (Å²) in [5.41, 5.74) is -0.427. The molecule has 0 atom stereocenters. The number of nitrogens with one attached hydrogen (secondary N) is 1. The first-order chi connectivity index (χ1) is 9.31. The maximum absolute atomic E-state index is 12.1. The molecule has 0 spiro atoms. The molecule has 2 rings (SSSR count). The minimum Gasteiger partial charge on any atom is -0.478 e. The van der Waals surface area contributed by atoms with Crippen LogP contribution in [-0.4, -0.2) is 29.0 Å². The molecule has 20 heavy (non-hydrogen) atoms. The van der Waals surface area contributed by atoms with E-state index in [1.165, 1.54) is 35.3 Å². The summed E-state index contributed by atoms with van der Waals surface area (Å²) in [4.78, 5) is 14.8. The van der Waals surface area contributed by atoms with Gasteiger partial charge in [0.15, 0.2) is 5.03 Å². The SMILES string of the molecule is Cn1cnc(S(=O)(=O)Nc2c(Cl)cccc2C(=O)O)c1. The summed E-state index contributed by atoms with van der Waals surface area (Å²) in [5.74, 6) is -1.29. The molecule has 0 unspecified atom stereocenters. The van der Waals surface area contributed by atoms with Gasteiger partial charge in [-0.05, 0) is 12.1 Å². The van der Waals surface area contributed by atoms with Gasteiger partial charge in [0.1, 0.15) is 0 Å². The Bertz CT molecular complexity index is 770. The zero-order valence-corrected chi connectivity index (χ0v) is 11.8. The maximum Gasteiger partial charge on any atom is 0.337 e. The number of hydrogen-bond acceptors (Lipinski definition) is 4. The number of carboxylic acids is 1. The van der Waals surface area contributed by atoms with Gasteiger partial charge in [-0.15, -0.1) is 0 Å². The van der Waals surface area contributed by atoms with Crippen molar-refractivity contribution in [3.8, 4) is 0 Å². The third-order valence-electron chi connectivity index (χ3n) is 2.44. The Balaban J connectivity index is 2.47. The molecule has 0 aliphatic heterocycles. The summed E-state index contributed by atoms with van der Waals surface area (Å²) in [6.07, 6.45) is 2.61. The molecule has 9 heteroatoms. The van der Waals surface area contributed by atoms with Crippen LogP contribution >= 0.6 is 11.6 Å². The quantitative estimate of drug-likeness (QED) is 0.891. The van der Waals surface area contributed by atoms with Gasteiger partial charge in [-0.1, -0.05) is 17.7 Å². The van der Waals surface area contributed by atoms with Gasteiger partial charge in [0.05, 0.1) is 22.6 Å². The molecule has 1 aromatic heterocycles. The number of halogens is 1. The van der Waals surface area contributed by atoms with Crippen LogP contribution in [0.1, 0.15) is 10.4 Å². The molecular formula is C11H10ClN3O4S. The molecule has 0 fully saturated rings. The van der Waals surface area contributed by atoms with Crippen LogP contribution in [0.25, 0.3) is 0 Å². The monoisotopic (exact) mass is 315 g/mol. The van der Waals surface area contributed by atoms with E-state index >= 15 is 0 Å². The Labute approximate surface area is 119 Å². The minimum absolute atomic E-state index is 0.00981. The second-order valence-corrected chi connectivity index (χ2v) is 5.99. The van der Waals surface area contributed by atoms with Crippen molar-refractivity contribution in [2.45, 2.75) is 5.03 Å². The molecule has 0 aliphatic carbocycles. The number of hydrogen-bond donors (Lipinski definition) is 2. The van der Waals surface area contributed by atoms with Crippen molar-refractivity contribution in [1.82, 2.24) is 9.55 Å². The molecule has 1 heterocycles. The van der Waals surface area contributed by atoms with Crippen LogP contribution in [-0.2, 0) is 17.1 Å². The van der Waals surface area contributed by atoms with Crippen molar-refractivity contribution in [3.05, 3.63) is 41.3 Å². The summed E-state index contributed by atoms with van der Waals surface area (Å²) in [7, 11) is -2.39. The Morgan fingerprint density at radius 1 is 1.45 bits per heavy atom. The molecule has 0 bridgehead atoms. The highest BCUT2D eigenvalue weighted by Crippen LogP contribution is 2.28. The third-order valence-corrected chi connectivity index (χ3v) is 3.99. The molecule has 106 valence electrons. The summed E-state index contributed by atoms with van der Waals surface area (Å²) in [5, 5.41) is 8.81. The van der Waals surface area contributed by atoms with Gasteiger partial charge >= 0.3 is 5.97 Å². The number of nitrogens with zero attached hydrogens (tertiary/aromatic N) is 2. The lowest BCUT2D eigenvalue weighted by Crippen LogP contribution is -2.16. The summed E-state index contributed by atoms with van der Waals surface area (Å²) in [6, 6.07) is 4.07. The molecule has 0 amide bonds. The number of imidazole rings is 1. The van der Waals surface area contributed by atoms with E-state index in [0.29, 0.717) is 0 Å². The lowest BCUT2D eigenvalue weighted by Gasteiger charge is -2.10. The third kappa shape index (κ3) is 2.75. The lowest BCUT2D eigenvalue weighted by atomic mass is 10.2. The van der Waals surface area contributed by atoms with Gasteiger partial charge in [-0.25, -0.2) is 9.78 Å². The van der Waals surface area contributed by atoms with Crippen LogP contribution in [0.3, 0.4) is 0 Å². The molecular weight excluding hydrogens is 306 g/mol. The normalized spacial score (nSPS) is 11.3. The average Bonchev–Trinajstić information content (AvgIpc) is 2.79. The van der Waals surface area contributed by atoms with Crippen molar-refractivity contribution < 1.29 is 18.3 Å². The number of para-hydroxylation sites is 1. The van der Waals surface area contributed by atoms with E-state index in [4.69, 9.17) is 16.7 Å². The standard InChI is InChI=1S/C11H10ClN3O4S/c1-15-5-9(13-6-15)20(18,19)14-10-7(11(16)17)3-2-4-8(10)12/h2-6,14H,1H3,(H,16,17). The number of rotatable bonds is 4. The molecule has 0 saturated heterocycles. The fraction of sp³-hybridized carbons (Fsp3) is 0.0909. The first-order valence-electron chi connectivity index (χ1n) is 5.34. The summed E-state index contributed by atoms with van der Waals surface area (Å²) in [6.45, 7) is 0. The Kier molecular flexibility index (Phi) is 3.69. The Hall–Kier alpha value is -2.06. The molecule has 2 N–H and O–H groups in total. The second kappa shape index (κ2) is 5.14. The molecule has 0 saturated carbocycles. The molecule has 0 aliphatic rings. The van der Waals surface area contributed by atoms with Crippen molar-refractivity contribution >= 4 is 33.3 Å². The van der Waals surface area contributed by atoms with Crippen LogP contribution in [0.5, 0.6) is 0 Å². The van der Waals surface area contributed by atoms with E-state index < -0.39 is 16.0 Å². The maximum atomic E-state index is 12.1. The van der Waals surface area contributed by atoms with Gasteiger partial charge in [-0.3, -0.25) is 4.72 Å². The van der Waals surface area contributed by atoms with Gasteiger partial charge in [0.25, 0.3) is 10.0 Å². The number of aromatic carboxylic acids is 1. The van der Waals surface area contributed by atoms with E-state index in [9.17, 15) is 13.2 Å². The molecule has 2 aromatic rings. The smallest absolute Gasteiger partial charge is 0.337 e. The second-order valence-electron chi connectivity index (χ2n) is 3.95. The Morgan fingerprint density at radius 2 is 2.15 bits per heavy atom. The highest BCUT2D eigenvalue weighted by atomic mass is 35.5. The first kappa shape index (κ1) is 14.4. The van der Waals surface area contributed by atoms with Gasteiger partial charge in [0.2, 0.25) is 0 Å². The van der Waals surface area contributed by atoms with E-state index in [1.54, 1.807) is 7.05 Å². The molecule has 7 nitrogen and oxygen atoms in total. The summed E-state index contributed by atoms with van der Waals surface area (Å²) >= 11 is 5.86. The number of aryl methyl sites for hydroxylation is 1. The zero-order chi connectivity index (χ0) is 14.9. The van der Waals surface area contributed by atoms with E-state index in [0.717, 1.165) is 0 Å². The minimum atomic E-state index is -4.00. The lowest BCUT2D eigenvalue weighted by molar-refractivity contribution is 0.0698. The van der Waals surface area contributed by atoms with Crippen molar-refractivity contribution in [1.29, 1.82) is 0 Å². The molecule has 1 aromatic carbocycles. The predicted molar refractivity (Wildman–Crippen MR) is 72.4 cm³/mol. The highest BCUT2D eigenvalue weighted by Gasteiger charge is 2.22. The largest absolute Gasteiger partial charge is 0.478 e. The van der Waals surface area contributed by atoms with Crippen LogP contribution in [0.2, 0.25) is 5.02 Å². The van der Waals surface area contributed by atoms with Crippen LogP contribution in [0.15, 0.2) is 35.7 Å². The van der Waals surface area contributed by atoms with Crippen molar-refractivity contribution in [3.63, 3.8) is 0 Å². The number of carboxylic acid groups (broad SMARTS) is 1. The van der Waals surface area contributed by atoms with Crippen LogP contribution in [0, 0.1) is 0 Å². The number of anilines is 1. The van der Waals surface area contributed by atoms with Crippen molar-refractivity contribution in [2.24, 2.45) is 7.05 Å².